The molecule has 1 heterocycles. The summed E-state index contributed by atoms with van der Waals surface area (Å²) in [5.41, 5.74) is 7.43. The van der Waals surface area contributed by atoms with E-state index in [0.717, 1.165) is 12.1 Å². The number of nitrogen functional groups attached to an aromatic ring is 1. The smallest absolute Gasteiger partial charge is 0.328 e. The van der Waals surface area contributed by atoms with E-state index in [2.05, 4.69) is 10.4 Å². The molecule has 6 heteroatoms. The fourth-order valence-corrected chi connectivity index (χ4v) is 1.80. The lowest BCUT2D eigenvalue weighted by molar-refractivity contribution is -0.142. The predicted octanol–water partition coefficient (Wildman–Crippen LogP) is 1.17. The summed E-state index contributed by atoms with van der Waals surface area (Å²) >= 11 is 0. The summed E-state index contributed by atoms with van der Waals surface area (Å²) in [6.07, 6.45) is 0.756. The highest BCUT2D eigenvalue weighted by Crippen LogP contribution is 2.24. The van der Waals surface area contributed by atoms with Gasteiger partial charge in [-0.05, 0) is 12.3 Å². The van der Waals surface area contributed by atoms with Crippen molar-refractivity contribution in [1.29, 1.82) is 0 Å². The predicted molar refractivity (Wildman–Crippen MR) is 71.3 cm³/mol. The summed E-state index contributed by atoms with van der Waals surface area (Å²) in [6, 6.07) is -0.433. The first-order valence-electron chi connectivity index (χ1n) is 6.08. The first-order chi connectivity index (χ1) is 8.42. The Balaban J connectivity index is 3.01. The summed E-state index contributed by atoms with van der Waals surface area (Å²) in [6.45, 7) is 5.88. The average Bonchev–Trinajstić information content (AvgIpc) is 2.60. The molecule has 0 saturated carbocycles. The van der Waals surface area contributed by atoms with Crippen LogP contribution in [0.4, 0.5) is 11.5 Å². The van der Waals surface area contributed by atoms with Gasteiger partial charge in [0.25, 0.3) is 0 Å². The molecule has 1 aromatic rings. The normalized spacial score (nSPS) is 12.6. The van der Waals surface area contributed by atoms with Crippen LogP contribution in [0, 0.1) is 5.92 Å². The van der Waals surface area contributed by atoms with Gasteiger partial charge < -0.3 is 15.8 Å². The van der Waals surface area contributed by atoms with Crippen molar-refractivity contribution in [3.63, 3.8) is 0 Å². The zero-order valence-electron chi connectivity index (χ0n) is 11.7. The summed E-state index contributed by atoms with van der Waals surface area (Å²) in [5.74, 6) is 0.455. The fraction of sp³-hybridized carbons (Fsp3) is 0.667. The molecule has 0 fully saturated rings. The van der Waals surface area contributed by atoms with Crippen molar-refractivity contribution in [2.45, 2.75) is 33.2 Å². The lowest BCUT2D eigenvalue weighted by Gasteiger charge is -2.21. The maximum absolute atomic E-state index is 11.7. The van der Waals surface area contributed by atoms with E-state index in [1.807, 2.05) is 20.8 Å². The molecule has 0 aliphatic rings. The standard InChI is InChI=1S/C12H22N4O2/c1-6-8-9(13)11(16(4)15-8)14-10(7(2)3)12(17)18-5/h7,10,14H,6,13H2,1-5H3. The monoisotopic (exact) mass is 254 g/mol. The van der Waals surface area contributed by atoms with E-state index in [4.69, 9.17) is 10.5 Å². The van der Waals surface area contributed by atoms with Gasteiger partial charge in [0.15, 0.2) is 0 Å². The molecule has 0 aromatic carbocycles. The number of carbonyl (C=O) groups excluding carboxylic acids is 1. The maximum Gasteiger partial charge on any atom is 0.328 e. The highest BCUT2D eigenvalue weighted by molar-refractivity contribution is 5.81. The van der Waals surface area contributed by atoms with Gasteiger partial charge in [-0.15, -0.1) is 0 Å². The molecule has 102 valence electrons. The van der Waals surface area contributed by atoms with E-state index in [-0.39, 0.29) is 11.9 Å². The van der Waals surface area contributed by atoms with Crippen LogP contribution in [0.3, 0.4) is 0 Å². The number of carbonyl (C=O) groups is 1. The number of anilines is 2. The lowest BCUT2D eigenvalue weighted by Crippen LogP contribution is -2.36. The van der Waals surface area contributed by atoms with Gasteiger partial charge in [-0.3, -0.25) is 4.68 Å². The van der Waals surface area contributed by atoms with Crippen molar-refractivity contribution < 1.29 is 9.53 Å². The van der Waals surface area contributed by atoms with Gasteiger partial charge in [0.05, 0.1) is 18.5 Å². The van der Waals surface area contributed by atoms with E-state index < -0.39 is 6.04 Å². The van der Waals surface area contributed by atoms with Gasteiger partial charge in [0.2, 0.25) is 0 Å². The van der Waals surface area contributed by atoms with Gasteiger partial charge in [0.1, 0.15) is 11.9 Å². The number of hydrogen-bond acceptors (Lipinski definition) is 5. The third-order valence-electron chi connectivity index (χ3n) is 2.91. The van der Waals surface area contributed by atoms with Gasteiger partial charge in [-0.25, -0.2) is 4.79 Å². The van der Waals surface area contributed by atoms with Crippen LogP contribution in [0.1, 0.15) is 26.5 Å². The summed E-state index contributed by atoms with van der Waals surface area (Å²) in [4.78, 5) is 11.7. The fourth-order valence-electron chi connectivity index (χ4n) is 1.80. The second-order valence-electron chi connectivity index (χ2n) is 4.58. The molecular formula is C12H22N4O2. The number of ether oxygens (including phenoxy) is 1. The topological polar surface area (TPSA) is 82.2 Å². The highest BCUT2D eigenvalue weighted by atomic mass is 16.5. The quantitative estimate of drug-likeness (QED) is 0.771. The van der Waals surface area contributed by atoms with Crippen LogP contribution in [0.5, 0.6) is 0 Å². The molecule has 6 nitrogen and oxygen atoms in total. The molecule has 0 amide bonds. The van der Waals surface area contributed by atoms with Gasteiger partial charge in [-0.2, -0.15) is 5.10 Å². The van der Waals surface area contributed by atoms with Crippen LogP contribution in [-0.4, -0.2) is 28.9 Å². The Labute approximate surface area is 107 Å². The average molecular weight is 254 g/mol. The number of aromatic nitrogens is 2. The Morgan fingerprint density at radius 1 is 1.56 bits per heavy atom. The van der Waals surface area contributed by atoms with Crippen LogP contribution in [-0.2, 0) is 23.0 Å². The van der Waals surface area contributed by atoms with Crippen LogP contribution in [0.2, 0.25) is 0 Å². The molecule has 0 aliphatic carbocycles. The van der Waals surface area contributed by atoms with Gasteiger partial charge in [0, 0.05) is 7.05 Å². The van der Waals surface area contributed by atoms with Crippen LogP contribution < -0.4 is 11.1 Å². The number of nitrogens with one attached hydrogen (secondary N) is 1. The summed E-state index contributed by atoms with van der Waals surface area (Å²) < 4.78 is 6.45. The minimum absolute atomic E-state index is 0.0943. The van der Waals surface area contributed by atoms with E-state index in [9.17, 15) is 4.79 Å². The third kappa shape index (κ3) is 2.75. The highest BCUT2D eigenvalue weighted by Gasteiger charge is 2.25. The maximum atomic E-state index is 11.7. The minimum Gasteiger partial charge on any atom is -0.467 e. The molecular weight excluding hydrogens is 232 g/mol. The van der Waals surface area contributed by atoms with Gasteiger partial charge in [-0.1, -0.05) is 20.8 Å². The molecule has 0 aliphatic heterocycles. The van der Waals surface area contributed by atoms with Gasteiger partial charge >= 0.3 is 5.97 Å². The largest absolute Gasteiger partial charge is 0.467 e. The molecule has 0 spiro atoms. The Morgan fingerprint density at radius 3 is 2.56 bits per heavy atom. The Kier molecular flexibility index (Phi) is 4.58. The molecule has 18 heavy (non-hydrogen) atoms. The Hall–Kier alpha value is -1.72. The van der Waals surface area contributed by atoms with Crippen molar-refractivity contribution in [1.82, 2.24) is 9.78 Å². The van der Waals surface area contributed by atoms with Crippen molar-refractivity contribution >= 4 is 17.5 Å². The first-order valence-corrected chi connectivity index (χ1v) is 6.08. The molecule has 1 unspecified atom stereocenters. The third-order valence-corrected chi connectivity index (χ3v) is 2.91. The van der Waals surface area contributed by atoms with Crippen molar-refractivity contribution in [2.24, 2.45) is 13.0 Å². The van der Waals surface area contributed by atoms with Crippen LogP contribution in [0.15, 0.2) is 0 Å². The second-order valence-corrected chi connectivity index (χ2v) is 4.58. The zero-order valence-corrected chi connectivity index (χ0v) is 11.7. The zero-order chi connectivity index (χ0) is 13.9. The first kappa shape index (κ1) is 14.3. The number of methoxy groups -OCH3 is 1. The molecule has 3 N–H and O–H groups in total. The number of rotatable bonds is 5. The van der Waals surface area contributed by atoms with Crippen LogP contribution >= 0.6 is 0 Å². The number of esters is 1. The number of aryl methyl sites for hydroxylation is 2. The van der Waals surface area contributed by atoms with E-state index >= 15 is 0 Å². The number of hydrogen-bond donors (Lipinski definition) is 2. The second kappa shape index (κ2) is 5.75. The van der Waals surface area contributed by atoms with Crippen molar-refractivity contribution in [3.8, 4) is 0 Å². The van der Waals surface area contributed by atoms with Crippen molar-refractivity contribution in [2.75, 3.05) is 18.2 Å². The Bertz CT molecular complexity index is 426. The Morgan fingerprint density at radius 2 is 2.17 bits per heavy atom. The molecule has 0 bridgehead atoms. The molecule has 0 saturated heterocycles. The number of nitrogens with zero attached hydrogens (tertiary/aromatic N) is 2. The molecule has 1 aromatic heterocycles. The van der Waals surface area contributed by atoms with E-state index in [0.29, 0.717) is 11.5 Å². The van der Waals surface area contributed by atoms with E-state index in [1.54, 1.807) is 11.7 Å². The molecule has 0 radical (unpaired) electrons. The van der Waals surface area contributed by atoms with Crippen LogP contribution in [0.25, 0.3) is 0 Å². The summed E-state index contributed by atoms with van der Waals surface area (Å²) in [7, 11) is 3.18. The molecule has 1 atom stereocenters. The minimum atomic E-state index is -0.433. The van der Waals surface area contributed by atoms with E-state index in [1.165, 1.54) is 7.11 Å². The SMILES string of the molecule is CCc1nn(C)c(NC(C(=O)OC)C(C)C)c1N. The number of nitrogens with two attached hydrogens (primary N) is 1. The summed E-state index contributed by atoms with van der Waals surface area (Å²) in [5, 5.41) is 7.42. The lowest BCUT2D eigenvalue weighted by atomic mass is 10.0. The molecule has 1 rings (SSSR count). The van der Waals surface area contributed by atoms with Crippen molar-refractivity contribution in [3.05, 3.63) is 5.69 Å².